The second kappa shape index (κ2) is 5.76. The Balaban J connectivity index is 2.21. The number of anilines is 1. The molecule has 0 aliphatic heterocycles. The van der Waals surface area contributed by atoms with Gasteiger partial charge in [0.25, 0.3) is 0 Å². The first-order valence-corrected chi connectivity index (χ1v) is 8.26. The minimum absolute atomic E-state index is 0.0262. The molecule has 1 heterocycles. The van der Waals surface area contributed by atoms with Crippen LogP contribution in [0.5, 0.6) is 0 Å². The number of aromatic nitrogens is 4. The second-order valence-corrected chi connectivity index (χ2v) is 7.15. The fraction of sp³-hybridized carbons (Fsp3) is 0.364. The van der Waals surface area contributed by atoms with Gasteiger partial charge in [-0.15, -0.1) is 5.10 Å². The average molecular weight is 316 g/mol. The topological polar surface area (TPSA) is 89.8 Å². The number of hydrogen-bond donors (Lipinski definition) is 1. The van der Waals surface area contributed by atoms with Gasteiger partial charge >= 0.3 is 0 Å². The molecule has 0 fully saturated rings. The van der Waals surface area contributed by atoms with E-state index in [0.29, 0.717) is 10.7 Å². The van der Waals surface area contributed by atoms with E-state index in [1.165, 1.54) is 17.3 Å². The monoisotopic (exact) mass is 315 g/mol. The summed E-state index contributed by atoms with van der Waals surface area (Å²) in [5.74, 6) is 0.0262. The Morgan fingerprint density at radius 1 is 1.45 bits per heavy atom. The van der Waals surface area contributed by atoms with E-state index >= 15 is 0 Å². The molecule has 9 heteroatoms. The van der Waals surface area contributed by atoms with Crippen molar-refractivity contribution in [3.63, 3.8) is 0 Å². The van der Waals surface area contributed by atoms with Crippen LogP contribution in [0.3, 0.4) is 0 Å². The van der Waals surface area contributed by atoms with Crippen LogP contribution in [0.15, 0.2) is 24.5 Å². The van der Waals surface area contributed by atoms with E-state index in [0.717, 1.165) is 5.69 Å². The number of hydrogen-bond acceptors (Lipinski definition) is 6. The van der Waals surface area contributed by atoms with E-state index < -0.39 is 9.84 Å². The van der Waals surface area contributed by atoms with Crippen LogP contribution in [-0.4, -0.2) is 46.7 Å². The molecule has 0 amide bonds. The van der Waals surface area contributed by atoms with Crippen molar-refractivity contribution in [2.24, 2.45) is 0 Å². The van der Waals surface area contributed by atoms with Crippen molar-refractivity contribution >= 4 is 27.1 Å². The highest BCUT2D eigenvalue weighted by molar-refractivity contribution is 7.90. The molecular weight excluding hydrogens is 302 g/mol. The lowest BCUT2D eigenvalue weighted by Crippen LogP contribution is -2.25. The normalized spacial score (nSPS) is 13.2. The standard InChI is InChI=1S/C11H14ClN5O2S/c1-8(6-20(2,18)19)14-11-5-9(3-4-10(11)12)17-7-13-15-16-17/h3-5,7-8,14H,6H2,1-2H3. The van der Waals surface area contributed by atoms with Crippen molar-refractivity contribution < 1.29 is 8.42 Å². The highest BCUT2D eigenvalue weighted by atomic mass is 35.5. The Hall–Kier alpha value is -1.67. The molecule has 2 rings (SSSR count). The second-order valence-electron chi connectivity index (χ2n) is 4.56. The predicted octanol–water partition coefficient (Wildman–Crippen LogP) is 1.16. The molecule has 1 aromatic carbocycles. The average Bonchev–Trinajstić information content (AvgIpc) is 2.83. The molecule has 1 aromatic heterocycles. The van der Waals surface area contributed by atoms with Crippen LogP contribution in [0.4, 0.5) is 5.69 Å². The predicted molar refractivity (Wildman–Crippen MR) is 77.0 cm³/mol. The Labute approximate surface area is 121 Å². The lowest BCUT2D eigenvalue weighted by molar-refractivity contribution is 0.598. The van der Waals surface area contributed by atoms with Gasteiger partial charge in [-0.1, -0.05) is 11.6 Å². The number of rotatable bonds is 5. The van der Waals surface area contributed by atoms with E-state index in [2.05, 4.69) is 20.8 Å². The third kappa shape index (κ3) is 3.91. The summed E-state index contributed by atoms with van der Waals surface area (Å²) in [5.41, 5.74) is 1.37. The summed E-state index contributed by atoms with van der Waals surface area (Å²) in [7, 11) is -3.05. The van der Waals surface area contributed by atoms with Crippen LogP contribution in [0.1, 0.15) is 6.92 Å². The van der Waals surface area contributed by atoms with Crippen molar-refractivity contribution in [1.82, 2.24) is 20.2 Å². The summed E-state index contributed by atoms with van der Waals surface area (Å²) < 4.78 is 24.0. The molecule has 0 saturated heterocycles. The molecule has 0 aliphatic rings. The minimum Gasteiger partial charge on any atom is -0.380 e. The number of benzene rings is 1. The summed E-state index contributed by atoms with van der Waals surface area (Å²) in [6.45, 7) is 1.78. The van der Waals surface area contributed by atoms with Gasteiger partial charge < -0.3 is 5.32 Å². The summed E-state index contributed by atoms with van der Waals surface area (Å²) in [6, 6.07) is 4.98. The number of tetrazole rings is 1. The van der Waals surface area contributed by atoms with Gasteiger partial charge in [-0.05, 0) is 35.5 Å². The minimum atomic E-state index is -3.05. The maximum Gasteiger partial charge on any atom is 0.149 e. The Kier molecular flexibility index (Phi) is 4.24. The first-order chi connectivity index (χ1) is 9.35. The van der Waals surface area contributed by atoms with Gasteiger partial charge in [-0.2, -0.15) is 0 Å². The molecule has 0 saturated carbocycles. The highest BCUT2D eigenvalue weighted by Gasteiger charge is 2.12. The first-order valence-electron chi connectivity index (χ1n) is 5.82. The van der Waals surface area contributed by atoms with Gasteiger partial charge in [0.05, 0.1) is 22.2 Å². The van der Waals surface area contributed by atoms with Crippen LogP contribution in [0.2, 0.25) is 5.02 Å². The van der Waals surface area contributed by atoms with Crippen LogP contribution in [-0.2, 0) is 9.84 Å². The van der Waals surface area contributed by atoms with Gasteiger partial charge in [0.1, 0.15) is 16.2 Å². The molecule has 0 aliphatic carbocycles. The maximum absolute atomic E-state index is 11.3. The van der Waals surface area contributed by atoms with Gasteiger partial charge in [-0.3, -0.25) is 0 Å². The summed E-state index contributed by atoms with van der Waals surface area (Å²) in [4.78, 5) is 0. The zero-order valence-corrected chi connectivity index (χ0v) is 12.6. The lowest BCUT2D eigenvalue weighted by atomic mass is 10.2. The molecule has 1 N–H and O–H groups in total. The Morgan fingerprint density at radius 3 is 2.80 bits per heavy atom. The fourth-order valence-corrected chi connectivity index (χ4v) is 2.97. The molecule has 1 unspecified atom stereocenters. The van der Waals surface area contributed by atoms with Crippen LogP contribution in [0, 0.1) is 0 Å². The third-order valence-corrected chi connectivity index (χ3v) is 3.95. The van der Waals surface area contributed by atoms with Crippen LogP contribution >= 0.6 is 11.6 Å². The van der Waals surface area contributed by atoms with Gasteiger partial charge in [0, 0.05) is 12.3 Å². The maximum atomic E-state index is 11.3. The zero-order chi connectivity index (χ0) is 14.8. The summed E-state index contributed by atoms with van der Waals surface area (Å²) in [5, 5.41) is 14.5. The smallest absolute Gasteiger partial charge is 0.149 e. The van der Waals surface area contributed by atoms with Crippen molar-refractivity contribution in [3.8, 4) is 5.69 Å². The van der Waals surface area contributed by atoms with Gasteiger partial charge in [-0.25, -0.2) is 13.1 Å². The number of sulfone groups is 1. The van der Waals surface area contributed by atoms with E-state index in [9.17, 15) is 8.42 Å². The molecule has 0 radical (unpaired) electrons. The van der Waals surface area contributed by atoms with Crippen molar-refractivity contribution in [3.05, 3.63) is 29.5 Å². The molecule has 0 spiro atoms. The quantitative estimate of drug-likeness (QED) is 0.890. The summed E-state index contributed by atoms with van der Waals surface area (Å²) >= 11 is 6.10. The Bertz CT molecular complexity index is 687. The fourth-order valence-electron chi connectivity index (χ4n) is 1.81. The first kappa shape index (κ1) is 14.7. The van der Waals surface area contributed by atoms with E-state index in [1.807, 2.05) is 0 Å². The molecule has 0 bridgehead atoms. The SMILES string of the molecule is CC(CS(C)(=O)=O)Nc1cc(-n2cnnn2)ccc1Cl. The van der Waals surface area contributed by atoms with Gasteiger partial charge in [0.2, 0.25) is 0 Å². The highest BCUT2D eigenvalue weighted by Crippen LogP contribution is 2.25. The lowest BCUT2D eigenvalue weighted by Gasteiger charge is -2.16. The Morgan fingerprint density at radius 2 is 2.20 bits per heavy atom. The molecule has 20 heavy (non-hydrogen) atoms. The largest absolute Gasteiger partial charge is 0.380 e. The molecular formula is C11H14ClN5O2S. The number of nitrogens with one attached hydrogen (secondary N) is 1. The number of halogens is 1. The van der Waals surface area contributed by atoms with E-state index in [1.54, 1.807) is 25.1 Å². The zero-order valence-electron chi connectivity index (χ0n) is 11.0. The van der Waals surface area contributed by atoms with E-state index in [-0.39, 0.29) is 11.8 Å². The van der Waals surface area contributed by atoms with Crippen molar-refractivity contribution in [2.45, 2.75) is 13.0 Å². The van der Waals surface area contributed by atoms with Crippen molar-refractivity contribution in [2.75, 3.05) is 17.3 Å². The van der Waals surface area contributed by atoms with Crippen LogP contribution in [0.25, 0.3) is 5.69 Å². The third-order valence-electron chi connectivity index (χ3n) is 2.52. The molecule has 2 aromatic rings. The van der Waals surface area contributed by atoms with Crippen LogP contribution < -0.4 is 5.32 Å². The molecule has 1 atom stereocenters. The van der Waals surface area contributed by atoms with Gasteiger partial charge in [0.15, 0.2) is 0 Å². The molecule has 7 nitrogen and oxygen atoms in total. The molecule has 108 valence electrons. The van der Waals surface area contributed by atoms with Crippen molar-refractivity contribution in [1.29, 1.82) is 0 Å². The number of nitrogens with zero attached hydrogens (tertiary/aromatic N) is 4. The van der Waals surface area contributed by atoms with E-state index in [4.69, 9.17) is 11.6 Å². The summed E-state index contributed by atoms with van der Waals surface area (Å²) in [6.07, 6.45) is 2.66.